The van der Waals surface area contributed by atoms with Crippen molar-refractivity contribution in [3.63, 3.8) is 0 Å². The van der Waals surface area contributed by atoms with Crippen LogP contribution in [0.1, 0.15) is 29.7 Å². The molecule has 24 heavy (non-hydrogen) atoms. The van der Waals surface area contributed by atoms with Crippen LogP contribution in [-0.2, 0) is 6.42 Å². The van der Waals surface area contributed by atoms with E-state index in [9.17, 15) is 0 Å². The summed E-state index contributed by atoms with van der Waals surface area (Å²) in [6, 6.07) is 10.4. The van der Waals surface area contributed by atoms with Gasteiger partial charge in [-0.3, -0.25) is 0 Å². The molecule has 128 valence electrons. The fourth-order valence-electron chi connectivity index (χ4n) is 3.17. The van der Waals surface area contributed by atoms with Crippen molar-refractivity contribution in [2.24, 2.45) is 0 Å². The van der Waals surface area contributed by atoms with Gasteiger partial charge in [-0.15, -0.1) is 0 Å². The molecule has 2 aromatic rings. The zero-order chi connectivity index (χ0) is 17.1. The molecule has 0 fully saturated rings. The van der Waals surface area contributed by atoms with Crippen LogP contribution < -0.4 is 19.5 Å². The van der Waals surface area contributed by atoms with Crippen molar-refractivity contribution in [2.45, 2.75) is 19.4 Å². The Balaban J connectivity index is 2.03. The average molecular weight is 392 g/mol. The van der Waals surface area contributed by atoms with Gasteiger partial charge in [0.2, 0.25) is 0 Å². The third kappa shape index (κ3) is 3.23. The van der Waals surface area contributed by atoms with Crippen molar-refractivity contribution in [1.82, 2.24) is 5.32 Å². The summed E-state index contributed by atoms with van der Waals surface area (Å²) in [5.74, 6) is 2.38. The van der Waals surface area contributed by atoms with Crippen molar-refractivity contribution in [3.8, 4) is 17.2 Å². The van der Waals surface area contributed by atoms with Crippen LogP contribution in [0.3, 0.4) is 0 Å². The van der Waals surface area contributed by atoms with E-state index in [1.54, 1.807) is 14.2 Å². The predicted octanol–water partition coefficient (Wildman–Crippen LogP) is 4.10. The highest BCUT2D eigenvalue weighted by Gasteiger charge is 2.25. The maximum atomic E-state index is 5.64. The second kappa shape index (κ2) is 7.45. The standard InChI is InChI=1S/C19H22BrNO3/c1-4-24-13-5-6-14-12(9-13)7-8-21-19(14)15-10-17(22-2)18(23-3)11-16(15)20/h5-6,9-11,19,21H,4,7-8H2,1-3H3. The van der Waals surface area contributed by atoms with E-state index >= 15 is 0 Å². The van der Waals surface area contributed by atoms with Crippen LogP contribution in [0, 0.1) is 0 Å². The summed E-state index contributed by atoms with van der Waals surface area (Å²) in [5.41, 5.74) is 3.74. The Morgan fingerprint density at radius 2 is 1.83 bits per heavy atom. The molecule has 0 spiro atoms. The molecule has 5 heteroatoms. The number of hydrogen-bond acceptors (Lipinski definition) is 4. The summed E-state index contributed by atoms with van der Waals surface area (Å²) in [4.78, 5) is 0. The van der Waals surface area contributed by atoms with Crippen LogP contribution in [0.2, 0.25) is 0 Å². The predicted molar refractivity (Wildman–Crippen MR) is 98.4 cm³/mol. The summed E-state index contributed by atoms with van der Waals surface area (Å²) in [6.45, 7) is 3.61. The van der Waals surface area contributed by atoms with E-state index in [4.69, 9.17) is 14.2 Å². The maximum Gasteiger partial charge on any atom is 0.161 e. The van der Waals surface area contributed by atoms with E-state index in [1.165, 1.54) is 11.1 Å². The van der Waals surface area contributed by atoms with E-state index in [0.717, 1.165) is 40.3 Å². The van der Waals surface area contributed by atoms with Crippen molar-refractivity contribution >= 4 is 15.9 Å². The highest BCUT2D eigenvalue weighted by Crippen LogP contribution is 2.40. The Bertz CT molecular complexity index is 733. The van der Waals surface area contributed by atoms with Gasteiger partial charge in [-0.1, -0.05) is 22.0 Å². The minimum atomic E-state index is 0.110. The molecule has 4 nitrogen and oxygen atoms in total. The maximum absolute atomic E-state index is 5.64. The summed E-state index contributed by atoms with van der Waals surface area (Å²) < 4.78 is 17.5. The van der Waals surface area contributed by atoms with Gasteiger partial charge in [-0.05, 0) is 54.3 Å². The second-order valence-electron chi connectivity index (χ2n) is 5.66. The Labute approximate surface area is 151 Å². The van der Waals surface area contributed by atoms with Gasteiger partial charge < -0.3 is 19.5 Å². The molecule has 0 bridgehead atoms. The lowest BCUT2D eigenvalue weighted by atomic mass is 9.89. The summed E-state index contributed by atoms with van der Waals surface area (Å²) in [5, 5.41) is 3.61. The first-order valence-corrected chi connectivity index (χ1v) is 8.87. The topological polar surface area (TPSA) is 39.7 Å². The zero-order valence-electron chi connectivity index (χ0n) is 14.2. The van der Waals surface area contributed by atoms with Gasteiger partial charge in [0.15, 0.2) is 11.5 Å². The highest BCUT2D eigenvalue weighted by atomic mass is 79.9. The van der Waals surface area contributed by atoms with E-state index in [1.807, 2.05) is 25.1 Å². The Hall–Kier alpha value is -1.72. The van der Waals surface area contributed by atoms with Gasteiger partial charge in [0.25, 0.3) is 0 Å². The van der Waals surface area contributed by atoms with Gasteiger partial charge in [-0.25, -0.2) is 0 Å². The lowest BCUT2D eigenvalue weighted by Crippen LogP contribution is -2.30. The SMILES string of the molecule is CCOc1ccc2c(c1)CCNC2c1cc(OC)c(OC)cc1Br. The molecule has 2 aromatic carbocycles. The van der Waals surface area contributed by atoms with Crippen LogP contribution in [0.5, 0.6) is 17.2 Å². The van der Waals surface area contributed by atoms with Gasteiger partial charge >= 0.3 is 0 Å². The van der Waals surface area contributed by atoms with E-state index in [2.05, 4.69) is 33.4 Å². The summed E-state index contributed by atoms with van der Waals surface area (Å²) >= 11 is 3.68. The minimum absolute atomic E-state index is 0.110. The molecule has 3 rings (SSSR count). The van der Waals surface area contributed by atoms with Crippen molar-refractivity contribution in [1.29, 1.82) is 0 Å². The molecular formula is C19H22BrNO3. The first-order valence-electron chi connectivity index (χ1n) is 8.08. The van der Waals surface area contributed by atoms with Gasteiger partial charge in [0.1, 0.15) is 5.75 Å². The van der Waals surface area contributed by atoms with Crippen LogP contribution in [-0.4, -0.2) is 27.4 Å². The fourth-order valence-corrected chi connectivity index (χ4v) is 3.72. The molecule has 0 radical (unpaired) electrons. The fraction of sp³-hybridized carbons (Fsp3) is 0.368. The third-order valence-corrected chi connectivity index (χ3v) is 4.98. The molecule has 0 saturated carbocycles. The van der Waals surface area contributed by atoms with Crippen LogP contribution in [0.25, 0.3) is 0 Å². The molecule has 1 aliphatic heterocycles. The molecule has 1 heterocycles. The molecular weight excluding hydrogens is 370 g/mol. The lowest BCUT2D eigenvalue weighted by Gasteiger charge is -2.29. The number of fused-ring (bicyclic) bond motifs is 1. The van der Waals surface area contributed by atoms with Gasteiger partial charge in [0, 0.05) is 11.0 Å². The average Bonchev–Trinajstić information content (AvgIpc) is 2.61. The molecule has 0 saturated heterocycles. The number of rotatable bonds is 5. The van der Waals surface area contributed by atoms with Crippen LogP contribution >= 0.6 is 15.9 Å². The molecule has 0 amide bonds. The Kier molecular flexibility index (Phi) is 5.31. The monoisotopic (exact) mass is 391 g/mol. The molecule has 1 N–H and O–H groups in total. The Morgan fingerprint density at radius 1 is 1.08 bits per heavy atom. The highest BCUT2D eigenvalue weighted by molar-refractivity contribution is 9.10. The molecule has 0 aliphatic carbocycles. The number of methoxy groups -OCH3 is 2. The number of nitrogens with one attached hydrogen (secondary N) is 1. The second-order valence-corrected chi connectivity index (χ2v) is 6.51. The van der Waals surface area contributed by atoms with Crippen LogP contribution in [0.15, 0.2) is 34.8 Å². The molecule has 1 aliphatic rings. The lowest BCUT2D eigenvalue weighted by molar-refractivity contribution is 0.339. The first-order chi connectivity index (χ1) is 11.7. The number of benzene rings is 2. The quantitative estimate of drug-likeness (QED) is 0.832. The molecule has 1 atom stereocenters. The van der Waals surface area contributed by atoms with E-state index < -0.39 is 0 Å². The van der Waals surface area contributed by atoms with Gasteiger partial charge in [-0.2, -0.15) is 0 Å². The number of ether oxygens (including phenoxy) is 3. The first kappa shape index (κ1) is 17.1. The van der Waals surface area contributed by atoms with E-state index in [0.29, 0.717) is 6.61 Å². The van der Waals surface area contributed by atoms with Gasteiger partial charge in [0.05, 0.1) is 26.9 Å². The largest absolute Gasteiger partial charge is 0.494 e. The van der Waals surface area contributed by atoms with Crippen molar-refractivity contribution in [2.75, 3.05) is 27.4 Å². The normalized spacial score (nSPS) is 16.4. The van der Waals surface area contributed by atoms with Crippen LogP contribution in [0.4, 0.5) is 0 Å². The third-order valence-electron chi connectivity index (χ3n) is 4.29. The smallest absolute Gasteiger partial charge is 0.161 e. The summed E-state index contributed by atoms with van der Waals surface area (Å²) in [6.07, 6.45) is 0.998. The molecule has 0 aromatic heterocycles. The zero-order valence-corrected chi connectivity index (χ0v) is 15.8. The van der Waals surface area contributed by atoms with E-state index in [-0.39, 0.29) is 6.04 Å². The number of hydrogen-bond donors (Lipinski definition) is 1. The van der Waals surface area contributed by atoms with Crippen molar-refractivity contribution < 1.29 is 14.2 Å². The summed E-state index contributed by atoms with van der Waals surface area (Å²) in [7, 11) is 3.31. The molecule has 1 unspecified atom stereocenters. The minimum Gasteiger partial charge on any atom is -0.494 e. The number of halogens is 1. The Morgan fingerprint density at radius 3 is 2.54 bits per heavy atom. The van der Waals surface area contributed by atoms with Crippen molar-refractivity contribution in [3.05, 3.63) is 51.5 Å².